The zero-order valence-corrected chi connectivity index (χ0v) is 20.7. The van der Waals surface area contributed by atoms with Crippen molar-refractivity contribution in [1.29, 1.82) is 0 Å². The number of benzene rings is 1. The molecule has 0 saturated heterocycles. The summed E-state index contributed by atoms with van der Waals surface area (Å²) in [5.41, 5.74) is 2.39. The van der Waals surface area contributed by atoms with Crippen molar-refractivity contribution in [2.24, 2.45) is 23.7 Å². The molecule has 6 nitrogen and oxygen atoms in total. The highest BCUT2D eigenvalue weighted by molar-refractivity contribution is 7.89. The topological polar surface area (TPSA) is 83.1 Å². The van der Waals surface area contributed by atoms with Crippen LogP contribution >= 0.6 is 0 Å². The maximum Gasteiger partial charge on any atom is 0.241 e. The van der Waals surface area contributed by atoms with Gasteiger partial charge in [0.05, 0.1) is 16.3 Å². The summed E-state index contributed by atoms with van der Waals surface area (Å²) in [4.78, 5) is 4.37. The monoisotopic (exact) mass is 468 g/mol. The van der Waals surface area contributed by atoms with E-state index in [4.69, 9.17) is 0 Å². The number of nitrogens with one attached hydrogen (secondary N) is 3. The van der Waals surface area contributed by atoms with Gasteiger partial charge in [-0.2, -0.15) is 0 Å². The first-order valence-corrected chi connectivity index (χ1v) is 13.7. The van der Waals surface area contributed by atoms with Crippen LogP contribution in [0, 0.1) is 23.7 Å². The molecule has 0 amide bonds. The normalized spacial score (nSPS) is 28.6. The molecule has 3 N–H and O–H groups in total. The third-order valence-electron chi connectivity index (χ3n) is 7.52. The van der Waals surface area contributed by atoms with Crippen LogP contribution in [-0.2, 0) is 16.6 Å². The predicted octanol–water partition coefficient (Wildman–Crippen LogP) is 5.01. The Morgan fingerprint density at radius 3 is 2.15 bits per heavy atom. The maximum absolute atomic E-state index is 13.0. The van der Waals surface area contributed by atoms with Crippen molar-refractivity contribution >= 4 is 21.4 Å². The molecular weight excluding hydrogens is 432 g/mol. The number of anilines is 2. The highest BCUT2D eigenvalue weighted by atomic mass is 32.2. The molecule has 4 fully saturated rings. The second kappa shape index (κ2) is 8.58. The smallest absolute Gasteiger partial charge is 0.241 e. The largest absolute Gasteiger partial charge is 0.380 e. The average Bonchev–Trinajstić information content (AvgIpc) is 2.74. The van der Waals surface area contributed by atoms with E-state index in [1.165, 1.54) is 32.1 Å². The molecule has 4 bridgehead atoms. The van der Waals surface area contributed by atoms with Gasteiger partial charge in [-0.15, -0.1) is 0 Å². The fourth-order valence-electron chi connectivity index (χ4n) is 6.46. The number of hydrogen-bond donors (Lipinski definition) is 3. The molecule has 7 heteroatoms. The van der Waals surface area contributed by atoms with E-state index in [0.717, 1.165) is 40.6 Å². The maximum atomic E-state index is 13.0. The van der Waals surface area contributed by atoms with Gasteiger partial charge in [-0.05, 0) is 112 Å². The zero-order chi connectivity index (χ0) is 23.2. The van der Waals surface area contributed by atoms with Crippen molar-refractivity contribution in [3.8, 4) is 0 Å². The minimum atomic E-state index is -3.62. The van der Waals surface area contributed by atoms with Gasteiger partial charge in [-0.3, -0.25) is 4.98 Å². The number of sulfonamides is 1. The summed E-state index contributed by atoms with van der Waals surface area (Å²) in [7, 11) is -3.62. The first-order chi connectivity index (χ1) is 15.7. The van der Waals surface area contributed by atoms with E-state index in [9.17, 15) is 8.42 Å². The molecule has 0 atom stereocenters. The third-order valence-corrected chi connectivity index (χ3v) is 9.28. The third kappa shape index (κ3) is 5.04. The van der Waals surface area contributed by atoms with Gasteiger partial charge in [0.25, 0.3) is 0 Å². The van der Waals surface area contributed by atoms with Crippen LogP contribution in [0.25, 0.3) is 0 Å². The Morgan fingerprint density at radius 1 is 0.909 bits per heavy atom. The Morgan fingerprint density at radius 2 is 1.55 bits per heavy atom. The molecule has 0 radical (unpaired) electrons. The van der Waals surface area contributed by atoms with E-state index < -0.39 is 15.6 Å². The number of rotatable bonds is 7. The van der Waals surface area contributed by atoms with E-state index in [1.807, 2.05) is 39.0 Å². The Bertz CT molecular complexity index is 1070. The van der Waals surface area contributed by atoms with Crippen LogP contribution in [0.1, 0.15) is 58.4 Å². The first-order valence-electron chi connectivity index (χ1n) is 12.2. The Hall–Kier alpha value is -2.12. The Labute approximate surface area is 198 Å². The molecule has 33 heavy (non-hydrogen) atoms. The van der Waals surface area contributed by atoms with Crippen LogP contribution < -0.4 is 15.4 Å². The highest BCUT2D eigenvalue weighted by Gasteiger charge is 2.48. The lowest BCUT2D eigenvalue weighted by atomic mass is 9.54. The lowest BCUT2D eigenvalue weighted by Crippen LogP contribution is -2.51. The second-order valence-corrected chi connectivity index (χ2v) is 13.1. The van der Waals surface area contributed by atoms with Gasteiger partial charge in [0.1, 0.15) is 0 Å². The molecule has 4 aliphatic carbocycles. The van der Waals surface area contributed by atoms with Crippen molar-refractivity contribution in [3.05, 3.63) is 48.3 Å². The quantitative estimate of drug-likeness (QED) is 0.532. The van der Waals surface area contributed by atoms with Crippen molar-refractivity contribution in [2.75, 3.05) is 10.6 Å². The lowest BCUT2D eigenvalue weighted by molar-refractivity contribution is 0.00756. The van der Waals surface area contributed by atoms with Gasteiger partial charge in [0.15, 0.2) is 0 Å². The van der Waals surface area contributed by atoms with Crippen molar-refractivity contribution < 1.29 is 8.42 Å². The lowest BCUT2D eigenvalue weighted by Gasteiger charge is -2.54. The van der Waals surface area contributed by atoms with Gasteiger partial charge in [-0.1, -0.05) is 0 Å². The van der Waals surface area contributed by atoms with E-state index in [-0.39, 0.29) is 4.90 Å². The number of aromatic nitrogens is 1. The minimum absolute atomic E-state index is 0.283. The molecular formula is C26H36N4O2S. The molecule has 1 heterocycles. The van der Waals surface area contributed by atoms with E-state index in [1.54, 1.807) is 24.5 Å². The Balaban J connectivity index is 1.42. The van der Waals surface area contributed by atoms with Crippen LogP contribution in [-0.4, -0.2) is 25.0 Å². The molecule has 4 saturated carbocycles. The number of hydrogen-bond acceptors (Lipinski definition) is 5. The summed E-state index contributed by atoms with van der Waals surface area (Å²) in [5.74, 6) is 3.32. The molecule has 6 rings (SSSR count). The molecule has 1 aromatic heterocycles. The summed E-state index contributed by atoms with van der Waals surface area (Å²) in [6, 6.07) is 9.86. The predicted molar refractivity (Wildman–Crippen MR) is 133 cm³/mol. The summed E-state index contributed by atoms with van der Waals surface area (Å²) >= 11 is 0. The van der Waals surface area contributed by atoms with Gasteiger partial charge in [0, 0.05) is 30.5 Å². The Kier molecular flexibility index (Phi) is 5.90. The standard InChI is InChI=1S/C26H36N4O2S/c1-26(2,3)30-33(31,32)22-4-5-23(24(15-22)28-16-17-6-8-27-9-7-17)29-25-20-11-18-10-19(13-20)14-21(25)12-18/h4-9,15,18-21,25,28-30H,10-14,16H2,1-3H3. The van der Waals surface area contributed by atoms with E-state index >= 15 is 0 Å². The van der Waals surface area contributed by atoms with Crippen LogP contribution in [0.2, 0.25) is 0 Å². The number of pyridine rings is 1. The van der Waals surface area contributed by atoms with E-state index in [2.05, 4.69) is 20.3 Å². The SMILES string of the molecule is CC(C)(C)NS(=O)(=O)c1ccc(NC2C3CC4CC(C3)CC2C4)c(NCc2ccncc2)c1. The molecule has 1 aromatic carbocycles. The molecule has 0 spiro atoms. The zero-order valence-electron chi connectivity index (χ0n) is 19.8. The van der Waals surface area contributed by atoms with Crippen LogP contribution in [0.15, 0.2) is 47.6 Å². The second-order valence-electron chi connectivity index (χ2n) is 11.4. The van der Waals surface area contributed by atoms with Crippen molar-refractivity contribution in [2.45, 2.75) is 75.9 Å². The summed E-state index contributed by atoms with van der Waals surface area (Å²) in [5, 5.41) is 7.36. The molecule has 4 aliphatic rings. The van der Waals surface area contributed by atoms with Crippen LogP contribution in [0.5, 0.6) is 0 Å². The first kappa shape index (κ1) is 22.7. The fraction of sp³-hybridized carbons (Fsp3) is 0.577. The van der Waals surface area contributed by atoms with Gasteiger partial charge < -0.3 is 10.6 Å². The minimum Gasteiger partial charge on any atom is -0.380 e. The van der Waals surface area contributed by atoms with E-state index in [0.29, 0.717) is 12.6 Å². The van der Waals surface area contributed by atoms with Crippen LogP contribution in [0.3, 0.4) is 0 Å². The van der Waals surface area contributed by atoms with Crippen molar-refractivity contribution in [1.82, 2.24) is 9.71 Å². The van der Waals surface area contributed by atoms with Gasteiger partial charge >= 0.3 is 0 Å². The molecule has 178 valence electrons. The average molecular weight is 469 g/mol. The summed E-state index contributed by atoms with van der Waals surface area (Å²) in [6.45, 7) is 6.18. The molecule has 2 aromatic rings. The summed E-state index contributed by atoms with van der Waals surface area (Å²) < 4.78 is 28.8. The van der Waals surface area contributed by atoms with Gasteiger partial charge in [0.2, 0.25) is 10.0 Å². The fourth-order valence-corrected chi connectivity index (χ4v) is 7.91. The van der Waals surface area contributed by atoms with Crippen molar-refractivity contribution in [3.63, 3.8) is 0 Å². The summed E-state index contributed by atoms with van der Waals surface area (Å²) in [6.07, 6.45) is 10.3. The number of nitrogens with zero attached hydrogens (tertiary/aromatic N) is 1. The molecule has 0 aliphatic heterocycles. The van der Waals surface area contributed by atoms with Crippen LogP contribution in [0.4, 0.5) is 11.4 Å². The van der Waals surface area contributed by atoms with Gasteiger partial charge in [-0.25, -0.2) is 13.1 Å². The highest BCUT2D eigenvalue weighted by Crippen LogP contribution is 2.54. The molecule has 0 unspecified atom stereocenters.